The summed E-state index contributed by atoms with van der Waals surface area (Å²) in [6, 6.07) is 3.98. The van der Waals surface area contributed by atoms with Crippen LogP contribution in [0.15, 0.2) is 30.5 Å². The van der Waals surface area contributed by atoms with Crippen molar-refractivity contribution in [3.8, 4) is 0 Å². The van der Waals surface area contributed by atoms with Crippen LogP contribution in [0, 0.1) is 0 Å². The molecule has 1 aromatic heterocycles. The Morgan fingerprint density at radius 3 is 2.59 bits per heavy atom. The standard InChI is InChI=1S/C22H29N5O5/c1-12(23)19(28)26-17(10-14-11-24-16-7-4-3-6-15(14)16)20(29)25-13(2)21(30)27-9-5-8-18(27)22(31)32/h3-4,6-7,11-13,17-18,24H,5,8-10,23H2,1-2H3,(H,25,29)(H,26,28)(H,31,32). The van der Waals surface area contributed by atoms with Gasteiger partial charge in [0.1, 0.15) is 18.1 Å². The first-order chi connectivity index (χ1) is 15.2. The first-order valence-electron chi connectivity index (χ1n) is 10.6. The molecule has 1 fully saturated rings. The molecule has 32 heavy (non-hydrogen) atoms. The molecular weight excluding hydrogens is 414 g/mol. The molecule has 6 N–H and O–H groups in total. The van der Waals surface area contributed by atoms with Gasteiger partial charge in [-0.2, -0.15) is 0 Å². The van der Waals surface area contributed by atoms with E-state index in [1.165, 1.54) is 18.7 Å². The number of H-pyrrole nitrogens is 1. The number of hydrogen-bond acceptors (Lipinski definition) is 5. The molecule has 1 saturated heterocycles. The third-order valence-electron chi connectivity index (χ3n) is 5.70. The molecule has 2 heterocycles. The number of hydrogen-bond donors (Lipinski definition) is 5. The Morgan fingerprint density at radius 2 is 1.91 bits per heavy atom. The molecule has 1 aliphatic heterocycles. The van der Waals surface area contributed by atoms with Crippen molar-refractivity contribution in [2.24, 2.45) is 5.73 Å². The van der Waals surface area contributed by atoms with Crippen LogP contribution in [0.3, 0.4) is 0 Å². The van der Waals surface area contributed by atoms with Crippen LogP contribution in [0.1, 0.15) is 32.3 Å². The molecule has 0 saturated carbocycles. The monoisotopic (exact) mass is 443 g/mol. The normalized spacial score (nSPS) is 18.7. The van der Waals surface area contributed by atoms with E-state index in [1.54, 1.807) is 6.20 Å². The van der Waals surface area contributed by atoms with Crippen molar-refractivity contribution in [2.75, 3.05) is 6.54 Å². The van der Waals surface area contributed by atoms with Crippen molar-refractivity contribution in [3.63, 3.8) is 0 Å². The van der Waals surface area contributed by atoms with Gasteiger partial charge in [-0.3, -0.25) is 14.4 Å². The van der Waals surface area contributed by atoms with Gasteiger partial charge in [-0.25, -0.2) is 4.79 Å². The predicted octanol–water partition coefficient (Wildman–Crippen LogP) is 0.123. The number of nitrogens with zero attached hydrogens (tertiary/aromatic N) is 1. The molecule has 1 aromatic carbocycles. The Morgan fingerprint density at radius 1 is 1.19 bits per heavy atom. The summed E-state index contributed by atoms with van der Waals surface area (Å²) >= 11 is 0. The Balaban J connectivity index is 1.75. The fourth-order valence-electron chi connectivity index (χ4n) is 3.94. The number of rotatable bonds is 8. The number of carbonyl (C=O) groups is 4. The second kappa shape index (κ2) is 9.82. The molecule has 0 spiro atoms. The Kier molecular flexibility index (Phi) is 7.14. The van der Waals surface area contributed by atoms with Gasteiger partial charge in [0.25, 0.3) is 0 Å². The summed E-state index contributed by atoms with van der Waals surface area (Å²) in [4.78, 5) is 53.9. The summed E-state index contributed by atoms with van der Waals surface area (Å²) in [7, 11) is 0. The van der Waals surface area contributed by atoms with Crippen molar-refractivity contribution >= 4 is 34.6 Å². The molecule has 10 nitrogen and oxygen atoms in total. The van der Waals surface area contributed by atoms with Crippen LogP contribution in [-0.2, 0) is 25.6 Å². The lowest BCUT2D eigenvalue weighted by molar-refractivity contribution is -0.149. The van der Waals surface area contributed by atoms with E-state index in [0.717, 1.165) is 16.5 Å². The summed E-state index contributed by atoms with van der Waals surface area (Å²) < 4.78 is 0. The first kappa shape index (κ1) is 23.3. The molecule has 3 amide bonds. The number of carboxylic acids is 1. The number of carbonyl (C=O) groups excluding carboxylic acids is 3. The number of aromatic amines is 1. The van der Waals surface area contributed by atoms with Gasteiger partial charge in [0, 0.05) is 30.1 Å². The van der Waals surface area contributed by atoms with E-state index in [0.29, 0.717) is 19.4 Å². The lowest BCUT2D eigenvalue weighted by atomic mass is 10.0. The maximum Gasteiger partial charge on any atom is 0.326 e. The van der Waals surface area contributed by atoms with Gasteiger partial charge in [0.05, 0.1) is 6.04 Å². The second-order valence-electron chi connectivity index (χ2n) is 8.17. The Labute approximate surface area is 185 Å². The third-order valence-corrected chi connectivity index (χ3v) is 5.70. The van der Waals surface area contributed by atoms with E-state index in [2.05, 4.69) is 15.6 Å². The Bertz CT molecular complexity index is 1020. The fraction of sp³-hybridized carbons (Fsp3) is 0.455. The number of likely N-dealkylation sites (tertiary alicyclic amines) is 1. The molecule has 172 valence electrons. The number of fused-ring (bicyclic) bond motifs is 1. The fourth-order valence-corrected chi connectivity index (χ4v) is 3.94. The topological polar surface area (TPSA) is 158 Å². The minimum absolute atomic E-state index is 0.191. The number of nitrogens with two attached hydrogens (primary N) is 1. The van der Waals surface area contributed by atoms with Crippen LogP contribution in [0.5, 0.6) is 0 Å². The average molecular weight is 444 g/mol. The number of aromatic nitrogens is 1. The summed E-state index contributed by atoms with van der Waals surface area (Å²) in [5.74, 6) is -2.56. The minimum Gasteiger partial charge on any atom is -0.480 e. The lowest BCUT2D eigenvalue weighted by Crippen LogP contribution is -2.56. The maximum atomic E-state index is 13.0. The molecule has 2 aromatic rings. The number of para-hydroxylation sites is 1. The van der Waals surface area contributed by atoms with Gasteiger partial charge in [0.2, 0.25) is 17.7 Å². The van der Waals surface area contributed by atoms with Crippen molar-refractivity contribution < 1.29 is 24.3 Å². The zero-order valence-corrected chi connectivity index (χ0v) is 18.1. The largest absolute Gasteiger partial charge is 0.480 e. The molecule has 3 rings (SSSR count). The molecule has 0 bridgehead atoms. The van der Waals surface area contributed by atoms with Crippen LogP contribution < -0.4 is 16.4 Å². The van der Waals surface area contributed by atoms with Crippen LogP contribution in [0.25, 0.3) is 10.9 Å². The number of carboxylic acid groups (broad SMARTS) is 1. The molecule has 0 radical (unpaired) electrons. The van der Waals surface area contributed by atoms with Gasteiger partial charge in [-0.05, 0) is 38.3 Å². The Hall–Kier alpha value is -3.40. The SMILES string of the molecule is CC(N)C(=O)NC(Cc1c[nH]c2ccccc12)C(=O)NC(C)C(=O)N1CCCC1C(=O)O. The zero-order valence-electron chi connectivity index (χ0n) is 18.1. The maximum absolute atomic E-state index is 13.0. The molecule has 0 aliphatic carbocycles. The van der Waals surface area contributed by atoms with Gasteiger partial charge >= 0.3 is 5.97 Å². The van der Waals surface area contributed by atoms with Gasteiger partial charge in [0.15, 0.2) is 0 Å². The van der Waals surface area contributed by atoms with Crippen LogP contribution >= 0.6 is 0 Å². The molecule has 1 aliphatic rings. The highest BCUT2D eigenvalue weighted by Crippen LogP contribution is 2.20. The summed E-state index contributed by atoms with van der Waals surface area (Å²) in [5.41, 5.74) is 7.39. The number of benzene rings is 1. The summed E-state index contributed by atoms with van der Waals surface area (Å²) in [6.07, 6.45) is 2.95. The van der Waals surface area contributed by atoms with Crippen molar-refractivity contribution in [1.29, 1.82) is 0 Å². The smallest absolute Gasteiger partial charge is 0.326 e. The first-order valence-corrected chi connectivity index (χ1v) is 10.6. The zero-order chi connectivity index (χ0) is 23.4. The van der Waals surface area contributed by atoms with E-state index < -0.39 is 47.9 Å². The van der Waals surface area contributed by atoms with E-state index in [9.17, 15) is 24.3 Å². The molecule has 4 unspecified atom stereocenters. The lowest BCUT2D eigenvalue weighted by Gasteiger charge is -2.27. The number of aliphatic carboxylic acids is 1. The van der Waals surface area contributed by atoms with Crippen LogP contribution in [0.2, 0.25) is 0 Å². The van der Waals surface area contributed by atoms with Crippen molar-refractivity contribution in [3.05, 3.63) is 36.0 Å². The quantitative estimate of drug-likeness (QED) is 0.390. The van der Waals surface area contributed by atoms with Gasteiger partial charge in [-0.15, -0.1) is 0 Å². The molecule has 4 atom stereocenters. The third kappa shape index (κ3) is 5.08. The summed E-state index contributed by atoms with van der Waals surface area (Å²) in [6.45, 7) is 3.35. The van der Waals surface area contributed by atoms with Gasteiger partial charge in [-0.1, -0.05) is 18.2 Å². The highest BCUT2D eigenvalue weighted by atomic mass is 16.4. The second-order valence-corrected chi connectivity index (χ2v) is 8.17. The minimum atomic E-state index is -1.06. The highest BCUT2D eigenvalue weighted by Gasteiger charge is 2.37. The van der Waals surface area contributed by atoms with E-state index in [-0.39, 0.29) is 6.42 Å². The predicted molar refractivity (Wildman–Crippen MR) is 118 cm³/mol. The average Bonchev–Trinajstić information content (AvgIpc) is 3.40. The van der Waals surface area contributed by atoms with E-state index >= 15 is 0 Å². The molecular formula is C22H29N5O5. The molecule has 10 heteroatoms. The summed E-state index contributed by atoms with van der Waals surface area (Å²) in [5, 5.41) is 15.5. The highest BCUT2D eigenvalue weighted by molar-refractivity contribution is 5.94. The van der Waals surface area contributed by atoms with Crippen LogP contribution in [-0.4, -0.2) is 69.4 Å². The van der Waals surface area contributed by atoms with E-state index in [4.69, 9.17) is 5.73 Å². The van der Waals surface area contributed by atoms with Crippen LogP contribution in [0.4, 0.5) is 0 Å². The number of amides is 3. The number of nitrogens with one attached hydrogen (secondary N) is 3. The van der Waals surface area contributed by atoms with Gasteiger partial charge < -0.3 is 31.4 Å². The van der Waals surface area contributed by atoms with Crippen molar-refractivity contribution in [1.82, 2.24) is 20.5 Å². The van der Waals surface area contributed by atoms with Crippen molar-refractivity contribution in [2.45, 2.75) is 57.3 Å². The van der Waals surface area contributed by atoms with E-state index in [1.807, 2.05) is 24.3 Å².